The number of nitrogens with zero attached hydrogens (tertiary/aromatic N) is 1. The maximum absolute atomic E-state index is 13.8. The van der Waals surface area contributed by atoms with Gasteiger partial charge in [-0.15, -0.1) is 0 Å². The van der Waals surface area contributed by atoms with E-state index in [1.165, 1.54) is 0 Å². The number of Topliss-reactive ketones (excluding diaryl/α,β-unsaturated/α-hetero) is 1. The van der Waals surface area contributed by atoms with E-state index in [9.17, 15) is 19.5 Å². The number of aryl methyl sites for hydroxylation is 1. The van der Waals surface area contributed by atoms with Crippen LogP contribution < -0.4 is 10.1 Å². The third-order valence-corrected chi connectivity index (χ3v) is 9.08. The van der Waals surface area contributed by atoms with Crippen molar-refractivity contribution in [2.24, 2.45) is 11.3 Å². The maximum Gasteiger partial charge on any atom is 0.354 e. The number of hydrogen-bond donors (Lipinski definition) is 2. The van der Waals surface area contributed by atoms with Crippen LogP contribution in [0.3, 0.4) is 0 Å². The first-order chi connectivity index (χ1) is 19.0. The summed E-state index contributed by atoms with van der Waals surface area (Å²) >= 11 is 0. The number of ketones is 1. The Kier molecular flexibility index (Phi) is 6.13. The highest BCUT2D eigenvalue weighted by Crippen LogP contribution is 2.61. The van der Waals surface area contributed by atoms with Crippen molar-refractivity contribution in [3.8, 4) is 17.0 Å². The molecule has 40 heavy (non-hydrogen) atoms. The maximum atomic E-state index is 13.8. The van der Waals surface area contributed by atoms with Gasteiger partial charge in [-0.3, -0.25) is 9.59 Å². The van der Waals surface area contributed by atoms with E-state index in [0.717, 1.165) is 18.4 Å². The molecule has 208 valence electrons. The summed E-state index contributed by atoms with van der Waals surface area (Å²) in [6.07, 6.45) is 3.71. The minimum Gasteiger partial charge on any atom is -0.496 e. The van der Waals surface area contributed by atoms with Gasteiger partial charge in [0.15, 0.2) is 11.5 Å². The third-order valence-electron chi connectivity index (χ3n) is 9.08. The van der Waals surface area contributed by atoms with E-state index in [2.05, 4.69) is 24.1 Å². The molecule has 0 bridgehead atoms. The first kappa shape index (κ1) is 26.3. The molecule has 2 aliphatic carbocycles. The quantitative estimate of drug-likeness (QED) is 0.521. The van der Waals surface area contributed by atoms with Gasteiger partial charge in [-0.05, 0) is 67.3 Å². The molecule has 1 aromatic carbocycles. The zero-order valence-corrected chi connectivity index (χ0v) is 23.5. The normalized spacial score (nSPS) is 23.1. The lowest BCUT2D eigenvalue weighted by atomic mass is 9.70. The summed E-state index contributed by atoms with van der Waals surface area (Å²) in [4.78, 5) is 43.9. The summed E-state index contributed by atoms with van der Waals surface area (Å²) in [5, 5.41) is 12.8. The van der Waals surface area contributed by atoms with Gasteiger partial charge in [-0.2, -0.15) is 0 Å². The van der Waals surface area contributed by atoms with E-state index >= 15 is 0 Å². The van der Waals surface area contributed by atoms with Crippen LogP contribution in [0.2, 0.25) is 0 Å². The molecule has 8 nitrogen and oxygen atoms in total. The van der Waals surface area contributed by atoms with Gasteiger partial charge in [0.2, 0.25) is 0 Å². The standard InChI is InChI=1S/C32H34N2O6/c1-15(2)20-12-23-27(30(36)34-20)28(26-21(35)13-32(10-11-32)14-24(26)40-23)25-17(4)18(7-9-22(25)39-5)19-8-6-16(3)29(33-19)31(37)38/h6-9,15,20,28H,10-14H2,1-5H3,(H,34,36)(H,37,38)/t20-,28+/m1/s1. The predicted octanol–water partition coefficient (Wildman–Crippen LogP) is 5.38. The molecule has 0 saturated heterocycles. The Morgan fingerprint density at radius 1 is 1.10 bits per heavy atom. The molecule has 1 aromatic heterocycles. The molecular weight excluding hydrogens is 508 g/mol. The van der Waals surface area contributed by atoms with Gasteiger partial charge in [0, 0.05) is 42.0 Å². The number of methoxy groups -OCH3 is 1. The van der Waals surface area contributed by atoms with Crippen molar-refractivity contribution in [2.75, 3.05) is 7.11 Å². The Morgan fingerprint density at radius 3 is 2.50 bits per heavy atom. The Hall–Kier alpha value is -3.94. The van der Waals surface area contributed by atoms with Crippen molar-refractivity contribution in [1.29, 1.82) is 0 Å². The number of carbonyl (C=O) groups excluding carboxylic acids is 2. The fourth-order valence-corrected chi connectivity index (χ4v) is 6.55. The van der Waals surface area contributed by atoms with Gasteiger partial charge < -0.3 is 19.9 Å². The summed E-state index contributed by atoms with van der Waals surface area (Å²) in [5.41, 5.74) is 4.22. The van der Waals surface area contributed by atoms with Crippen LogP contribution in [0.4, 0.5) is 0 Å². The summed E-state index contributed by atoms with van der Waals surface area (Å²) in [6, 6.07) is 7.13. The molecule has 2 aromatic rings. The fourth-order valence-electron chi connectivity index (χ4n) is 6.55. The van der Waals surface area contributed by atoms with E-state index < -0.39 is 11.9 Å². The molecule has 1 saturated carbocycles. The van der Waals surface area contributed by atoms with E-state index in [1.54, 1.807) is 26.2 Å². The van der Waals surface area contributed by atoms with E-state index in [1.807, 2.05) is 19.1 Å². The minimum absolute atomic E-state index is 0.0149. The highest BCUT2D eigenvalue weighted by atomic mass is 16.5. The molecule has 0 unspecified atom stereocenters. The number of ether oxygens (including phenoxy) is 2. The highest BCUT2D eigenvalue weighted by Gasteiger charge is 2.54. The monoisotopic (exact) mass is 542 g/mol. The lowest BCUT2D eigenvalue weighted by Gasteiger charge is -2.41. The number of rotatable bonds is 5. The molecule has 6 rings (SSSR count). The summed E-state index contributed by atoms with van der Waals surface area (Å²) < 4.78 is 12.3. The molecule has 2 atom stereocenters. The molecule has 0 radical (unpaired) electrons. The number of benzene rings is 1. The van der Waals surface area contributed by atoms with Crippen LogP contribution in [0.1, 0.15) is 79.0 Å². The Balaban J connectivity index is 1.58. The SMILES string of the molecule is COc1ccc(-c2ccc(C)c(C(=O)O)n2)c(C)c1[C@H]1C2=C(CC3(CC3)CC2=O)OC2=C1C(=O)N[C@@H](C(C)C)C2. The van der Waals surface area contributed by atoms with Gasteiger partial charge in [-0.1, -0.05) is 19.9 Å². The van der Waals surface area contributed by atoms with Gasteiger partial charge in [0.25, 0.3) is 5.91 Å². The van der Waals surface area contributed by atoms with Crippen molar-refractivity contribution >= 4 is 17.7 Å². The molecule has 2 aliphatic heterocycles. The number of hydrogen-bond acceptors (Lipinski definition) is 6. The van der Waals surface area contributed by atoms with Crippen LogP contribution in [0.5, 0.6) is 5.75 Å². The summed E-state index contributed by atoms with van der Waals surface area (Å²) in [6.45, 7) is 7.77. The molecule has 3 heterocycles. The van der Waals surface area contributed by atoms with Crippen LogP contribution >= 0.6 is 0 Å². The lowest BCUT2D eigenvalue weighted by Crippen LogP contribution is -2.47. The van der Waals surface area contributed by atoms with Crippen molar-refractivity contribution in [3.05, 3.63) is 69.3 Å². The van der Waals surface area contributed by atoms with Crippen molar-refractivity contribution < 1.29 is 29.0 Å². The average molecular weight is 543 g/mol. The largest absolute Gasteiger partial charge is 0.496 e. The molecule has 2 N–H and O–H groups in total. The number of nitrogens with one attached hydrogen (secondary N) is 1. The van der Waals surface area contributed by atoms with Crippen LogP contribution in [0.15, 0.2) is 46.9 Å². The first-order valence-corrected chi connectivity index (χ1v) is 13.9. The van der Waals surface area contributed by atoms with Gasteiger partial charge >= 0.3 is 5.97 Å². The molecule has 8 heteroatoms. The highest BCUT2D eigenvalue weighted by molar-refractivity contribution is 6.06. The number of aromatic carboxylic acids is 1. The molecule has 1 amide bonds. The second-order valence-electron chi connectivity index (χ2n) is 12.0. The van der Waals surface area contributed by atoms with Gasteiger partial charge in [0.05, 0.1) is 24.3 Å². The Bertz CT molecular complexity index is 1540. The molecule has 1 spiro atoms. The second kappa shape index (κ2) is 9.32. The zero-order chi connectivity index (χ0) is 28.5. The smallest absolute Gasteiger partial charge is 0.354 e. The summed E-state index contributed by atoms with van der Waals surface area (Å²) in [5.74, 6) is 0.111. The second-order valence-corrected chi connectivity index (χ2v) is 12.0. The van der Waals surface area contributed by atoms with Gasteiger partial charge in [0.1, 0.15) is 17.3 Å². The zero-order valence-electron chi connectivity index (χ0n) is 23.5. The summed E-state index contributed by atoms with van der Waals surface area (Å²) in [7, 11) is 1.58. The molecule has 4 aliphatic rings. The first-order valence-electron chi connectivity index (χ1n) is 13.9. The number of carboxylic acid groups (broad SMARTS) is 1. The van der Waals surface area contributed by atoms with Gasteiger partial charge in [-0.25, -0.2) is 9.78 Å². The number of amides is 1. The third kappa shape index (κ3) is 4.12. The van der Waals surface area contributed by atoms with E-state index in [4.69, 9.17) is 9.47 Å². The van der Waals surface area contributed by atoms with Crippen LogP contribution in [0.25, 0.3) is 11.3 Å². The topological polar surface area (TPSA) is 115 Å². The number of carboxylic acids is 1. The van der Waals surface area contributed by atoms with Crippen molar-refractivity contribution in [2.45, 2.75) is 71.8 Å². The fraction of sp³-hybridized carbons (Fsp3) is 0.438. The molecule has 1 fully saturated rings. The number of aromatic nitrogens is 1. The number of pyridine rings is 1. The lowest BCUT2D eigenvalue weighted by molar-refractivity contribution is -0.120. The average Bonchev–Trinajstić information content (AvgIpc) is 3.64. The predicted molar refractivity (Wildman–Crippen MR) is 148 cm³/mol. The number of allylic oxidation sites excluding steroid dienone is 2. The van der Waals surface area contributed by atoms with Crippen molar-refractivity contribution in [1.82, 2.24) is 10.3 Å². The van der Waals surface area contributed by atoms with E-state index in [-0.39, 0.29) is 34.8 Å². The minimum atomic E-state index is -1.10. The van der Waals surface area contributed by atoms with E-state index in [0.29, 0.717) is 70.1 Å². The van der Waals surface area contributed by atoms with Crippen molar-refractivity contribution in [3.63, 3.8) is 0 Å². The van der Waals surface area contributed by atoms with Crippen LogP contribution in [-0.2, 0) is 14.3 Å². The van der Waals surface area contributed by atoms with Crippen LogP contribution in [-0.4, -0.2) is 40.9 Å². The molecular formula is C32H34N2O6. The van der Waals surface area contributed by atoms with Crippen LogP contribution in [0, 0.1) is 25.2 Å². The Morgan fingerprint density at radius 2 is 1.85 bits per heavy atom. The Labute approximate surface area is 233 Å². The number of carbonyl (C=O) groups is 3.